The van der Waals surface area contributed by atoms with Crippen molar-refractivity contribution < 1.29 is 4.92 Å². The molecule has 1 aromatic carbocycles. The van der Waals surface area contributed by atoms with Crippen molar-refractivity contribution in [3.63, 3.8) is 0 Å². The molecule has 0 saturated heterocycles. The van der Waals surface area contributed by atoms with E-state index in [9.17, 15) is 10.1 Å². The Kier molecular flexibility index (Phi) is 3.06. The van der Waals surface area contributed by atoms with Gasteiger partial charge in [-0.15, -0.1) is 0 Å². The molecule has 2 N–H and O–H groups in total. The summed E-state index contributed by atoms with van der Waals surface area (Å²) in [6.07, 6.45) is 3.29. The fourth-order valence-electron chi connectivity index (χ4n) is 1.34. The molecular weight excluding hydrogens is 220 g/mol. The van der Waals surface area contributed by atoms with E-state index in [-0.39, 0.29) is 5.69 Å². The second-order valence-electron chi connectivity index (χ2n) is 3.42. The maximum Gasteiger partial charge on any atom is 0.269 e. The van der Waals surface area contributed by atoms with E-state index in [1.807, 2.05) is 0 Å². The summed E-state index contributed by atoms with van der Waals surface area (Å²) in [5.41, 5.74) is 7.06. The molecule has 1 aromatic heterocycles. The van der Waals surface area contributed by atoms with Gasteiger partial charge < -0.3 is 5.73 Å². The number of nitrogens with zero attached hydrogens (tertiary/aromatic N) is 3. The van der Waals surface area contributed by atoms with E-state index in [2.05, 4.69) is 9.97 Å². The fraction of sp³-hybridized carbons (Fsp3) is 0.0909. The Bertz CT molecular complexity index is 522. The van der Waals surface area contributed by atoms with Crippen molar-refractivity contribution in [3.8, 4) is 11.4 Å². The first-order chi connectivity index (χ1) is 8.20. The molecule has 1 heterocycles. The molecule has 2 rings (SSSR count). The van der Waals surface area contributed by atoms with Crippen molar-refractivity contribution in [3.05, 3.63) is 52.3 Å². The van der Waals surface area contributed by atoms with Crippen molar-refractivity contribution in [2.75, 3.05) is 0 Å². The summed E-state index contributed by atoms with van der Waals surface area (Å²) in [4.78, 5) is 18.3. The SMILES string of the molecule is NCc1cnc(-c2ccc([N+](=O)[O-])cc2)nc1. The van der Waals surface area contributed by atoms with Crippen LogP contribution in [0.5, 0.6) is 0 Å². The predicted octanol–water partition coefficient (Wildman–Crippen LogP) is 1.51. The third kappa shape index (κ3) is 2.43. The first-order valence-electron chi connectivity index (χ1n) is 4.96. The number of nitro groups is 1. The minimum atomic E-state index is -0.442. The molecule has 0 spiro atoms. The summed E-state index contributed by atoms with van der Waals surface area (Å²) < 4.78 is 0. The van der Waals surface area contributed by atoms with Crippen LogP contribution in [0.1, 0.15) is 5.56 Å². The zero-order valence-corrected chi connectivity index (χ0v) is 8.91. The highest BCUT2D eigenvalue weighted by Crippen LogP contribution is 2.18. The number of benzene rings is 1. The molecule has 0 amide bonds. The Morgan fingerprint density at radius 2 is 1.76 bits per heavy atom. The highest BCUT2D eigenvalue weighted by Gasteiger charge is 2.06. The van der Waals surface area contributed by atoms with Crippen molar-refractivity contribution in [1.82, 2.24) is 9.97 Å². The molecule has 0 fully saturated rings. The minimum absolute atomic E-state index is 0.0485. The average molecular weight is 230 g/mol. The number of rotatable bonds is 3. The lowest BCUT2D eigenvalue weighted by atomic mass is 10.2. The average Bonchev–Trinajstić information content (AvgIpc) is 2.39. The number of aromatic nitrogens is 2. The molecule has 0 aliphatic carbocycles. The number of hydrogen-bond donors (Lipinski definition) is 1. The number of nitrogens with two attached hydrogens (primary N) is 1. The van der Waals surface area contributed by atoms with Crippen LogP contribution < -0.4 is 5.73 Å². The molecule has 0 radical (unpaired) electrons. The van der Waals surface area contributed by atoms with Gasteiger partial charge in [0.1, 0.15) is 0 Å². The normalized spacial score (nSPS) is 10.2. The summed E-state index contributed by atoms with van der Waals surface area (Å²) in [6, 6.07) is 6.09. The van der Waals surface area contributed by atoms with Crippen LogP contribution >= 0.6 is 0 Å². The van der Waals surface area contributed by atoms with Gasteiger partial charge in [-0.05, 0) is 12.1 Å². The van der Waals surface area contributed by atoms with Crippen LogP contribution in [0.3, 0.4) is 0 Å². The molecule has 86 valence electrons. The predicted molar refractivity (Wildman–Crippen MR) is 62.0 cm³/mol. The standard InChI is InChI=1S/C11H10N4O2/c12-5-8-6-13-11(14-7-8)9-1-3-10(4-2-9)15(16)17/h1-4,6-7H,5,12H2. The van der Waals surface area contributed by atoms with E-state index in [0.717, 1.165) is 11.1 Å². The molecule has 0 saturated carbocycles. The van der Waals surface area contributed by atoms with Crippen LogP contribution in [0.4, 0.5) is 5.69 Å². The molecule has 0 aliphatic rings. The monoisotopic (exact) mass is 230 g/mol. The molecule has 0 atom stereocenters. The van der Waals surface area contributed by atoms with Crippen LogP contribution in [0, 0.1) is 10.1 Å². The third-order valence-corrected chi connectivity index (χ3v) is 2.28. The second-order valence-corrected chi connectivity index (χ2v) is 3.42. The van der Waals surface area contributed by atoms with Crippen LogP contribution in [0.15, 0.2) is 36.7 Å². The summed E-state index contributed by atoms with van der Waals surface area (Å²) in [5, 5.41) is 10.5. The van der Waals surface area contributed by atoms with Crippen LogP contribution in [-0.4, -0.2) is 14.9 Å². The van der Waals surface area contributed by atoms with Gasteiger partial charge in [0.05, 0.1) is 4.92 Å². The Morgan fingerprint density at radius 1 is 1.18 bits per heavy atom. The zero-order valence-electron chi connectivity index (χ0n) is 8.91. The number of non-ortho nitro benzene ring substituents is 1. The third-order valence-electron chi connectivity index (χ3n) is 2.28. The first kappa shape index (κ1) is 11.2. The van der Waals surface area contributed by atoms with E-state index >= 15 is 0 Å². The number of nitro benzene ring substituents is 1. The largest absolute Gasteiger partial charge is 0.326 e. The summed E-state index contributed by atoms with van der Waals surface area (Å²) >= 11 is 0. The van der Waals surface area contributed by atoms with Gasteiger partial charge >= 0.3 is 0 Å². The molecule has 2 aromatic rings. The first-order valence-corrected chi connectivity index (χ1v) is 4.96. The van der Waals surface area contributed by atoms with Crippen molar-refractivity contribution in [2.24, 2.45) is 5.73 Å². The van der Waals surface area contributed by atoms with Crippen LogP contribution in [-0.2, 0) is 6.54 Å². The quantitative estimate of drug-likeness (QED) is 0.637. The lowest BCUT2D eigenvalue weighted by Crippen LogP contribution is -1.99. The summed E-state index contributed by atoms with van der Waals surface area (Å²) in [6.45, 7) is 0.389. The Balaban J connectivity index is 2.29. The number of hydrogen-bond acceptors (Lipinski definition) is 5. The molecule has 17 heavy (non-hydrogen) atoms. The van der Waals surface area contributed by atoms with Gasteiger partial charge in [-0.2, -0.15) is 0 Å². The van der Waals surface area contributed by atoms with Gasteiger partial charge in [0.2, 0.25) is 0 Å². The Morgan fingerprint density at radius 3 is 2.24 bits per heavy atom. The Hall–Kier alpha value is -2.34. The maximum absolute atomic E-state index is 10.5. The zero-order chi connectivity index (χ0) is 12.3. The van der Waals surface area contributed by atoms with Crippen molar-refractivity contribution in [2.45, 2.75) is 6.54 Å². The molecule has 6 heteroatoms. The van der Waals surface area contributed by atoms with Gasteiger partial charge in [-0.25, -0.2) is 9.97 Å². The fourth-order valence-corrected chi connectivity index (χ4v) is 1.34. The summed E-state index contributed by atoms with van der Waals surface area (Å²) in [5.74, 6) is 0.525. The van der Waals surface area contributed by atoms with E-state index in [4.69, 9.17) is 5.73 Å². The van der Waals surface area contributed by atoms with E-state index < -0.39 is 4.92 Å². The lowest BCUT2D eigenvalue weighted by Gasteiger charge is -2.00. The smallest absolute Gasteiger partial charge is 0.269 e. The topological polar surface area (TPSA) is 94.9 Å². The Labute approximate surface area is 97.3 Å². The van der Waals surface area contributed by atoms with Crippen molar-refractivity contribution in [1.29, 1.82) is 0 Å². The highest BCUT2D eigenvalue weighted by molar-refractivity contribution is 5.56. The van der Waals surface area contributed by atoms with E-state index in [0.29, 0.717) is 12.4 Å². The molecular formula is C11H10N4O2. The second kappa shape index (κ2) is 4.67. The molecule has 0 bridgehead atoms. The summed E-state index contributed by atoms with van der Waals surface area (Å²) in [7, 11) is 0. The van der Waals surface area contributed by atoms with Gasteiger partial charge in [-0.1, -0.05) is 0 Å². The molecule has 0 unspecified atom stereocenters. The molecule has 6 nitrogen and oxygen atoms in total. The van der Waals surface area contributed by atoms with Gasteiger partial charge in [0.25, 0.3) is 5.69 Å². The minimum Gasteiger partial charge on any atom is -0.326 e. The maximum atomic E-state index is 10.5. The van der Waals surface area contributed by atoms with Gasteiger partial charge in [-0.3, -0.25) is 10.1 Å². The lowest BCUT2D eigenvalue weighted by molar-refractivity contribution is -0.384. The van der Waals surface area contributed by atoms with Crippen LogP contribution in [0.2, 0.25) is 0 Å². The van der Waals surface area contributed by atoms with E-state index in [1.54, 1.807) is 24.5 Å². The van der Waals surface area contributed by atoms with Gasteiger partial charge in [0, 0.05) is 42.2 Å². The van der Waals surface area contributed by atoms with Crippen molar-refractivity contribution >= 4 is 5.69 Å². The van der Waals surface area contributed by atoms with Crippen LogP contribution in [0.25, 0.3) is 11.4 Å². The van der Waals surface area contributed by atoms with E-state index in [1.165, 1.54) is 12.1 Å². The highest BCUT2D eigenvalue weighted by atomic mass is 16.6. The van der Waals surface area contributed by atoms with Gasteiger partial charge in [0.15, 0.2) is 5.82 Å². The molecule has 0 aliphatic heterocycles.